The number of methoxy groups -OCH3 is 1. The third-order valence-corrected chi connectivity index (χ3v) is 4.83. The van der Waals surface area contributed by atoms with E-state index in [0.29, 0.717) is 17.4 Å². The molecule has 0 radical (unpaired) electrons. The van der Waals surface area contributed by atoms with Gasteiger partial charge in [0.2, 0.25) is 0 Å². The average molecular weight is 371 g/mol. The smallest absolute Gasteiger partial charge is 0.270 e. The molecule has 1 atom stereocenters. The Labute approximate surface area is 158 Å². The van der Waals surface area contributed by atoms with Crippen molar-refractivity contribution in [1.29, 1.82) is 0 Å². The van der Waals surface area contributed by atoms with Crippen molar-refractivity contribution in [3.05, 3.63) is 46.1 Å². The lowest BCUT2D eigenvalue weighted by atomic mass is 10.2. The first-order valence-electron chi connectivity index (χ1n) is 9.06. The van der Waals surface area contributed by atoms with Gasteiger partial charge < -0.3 is 9.64 Å². The van der Waals surface area contributed by atoms with E-state index in [2.05, 4.69) is 26.7 Å². The second-order valence-electron chi connectivity index (χ2n) is 6.83. The molecule has 1 aliphatic rings. The van der Waals surface area contributed by atoms with Crippen molar-refractivity contribution < 1.29 is 9.66 Å². The van der Waals surface area contributed by atoms with Crippen molar-refractivity contribution in [2.75, 3.05) is 44.8 Å². The number of ether oxygens (including phenoxy) is 1. The Bertz CT molecular complexity index is 806. The van der Waals surface area contributed by atoms with E-state index in [-0.39, 0.29) is 5.69 Å². The minimum atomic E-state index is -0.402. The molecule has 2 aromatic rings. The number of non-ortho nitro benzene ring substituents is 1. The molecule has 0 bridgehead atoms. The van der Waals surface area contributed by atoms with Gasteiger partial charge in [-0.25, -0.2) is 9.97 Å². The summed E-state index contributed by atoms with van der Waals surface area (Å²) in [5, 5.41) is 11.0. The number of aromatic nitrogens is 2. The minimum Gasteiger partial charge on any atom is -0.383 e. The quantitative estimate of drug-likeness (QED) is 0.570. The van der Waals surface area contributed by atoms with Crippen molar-refractivity contribution in [1.82, 2.24) is 14.9 Å². The first kappa shape index (κ1) is 19.2. The molecule has 144 valence electrons. The van der Waals surface area contributed by atoms with Crippen LogP contribution in [0.3, 0.4) is 0 Å². The van der Waals surface area contributed by atoms with E-state index in [1.807, 2.05) is 13.0 Å². The molecule has 0 N–H and O–H groups in total. The van der Waals surface area contributed by atoms with Gasteiger partial charge in [-0.2, -0.15) is 0 Å². The number of aryl methyl sites for hydroxylation is 1. The Morgan fingerprint density at radius 2 is 1.96 bits per heavy atom. The van der Waals surface area contributed by atoms with Crippen LogP contribution in [0.1, 0.15) is 12.6 Å². The van der Waals surface area contributed by atoms with Crippen LogP contribution >= 0.6 is 0 Å². The summed E-state index contributed by atoms with van der Waals surface area (Å²) in [7, 11) is 1.73. The van der Waals surface area contributed by atoms with Crippen LogP contribution in [-0.2, 0) is 4.74 Å². The SMILES string of the molecule is COCC(C)N1CCN(c2cc(C)nc(-c3cccc([N+](=O)[O-])c3)n2)CC1. The number of rotatable bonds is 6. The summed E-state index contributed by atoms with van der Waals surface area (Å²) in [4.78, 5) is 24.5. The highest BCUT2D eigenvalue weighted by atomic mass is 16.6. The summed E-state index contributed by atoms with van der Waals surface area (Å²) in [5.41, 5.74) is 1.54. The predicted octanol–water partition coefficient (Wildman–Crippen LogP) is 2.52. The van der Waals surface area contributed by atoms with Crippen molar-refractivity contribution in [2.24, 2.45) is 0 Å². The monoisotopic (exact) mass is 371 g/mol. The van der Waals surface area contributed by atoms with Crippen molar-refractivity contribution >= 4 is 11.5 Å². The Morgan fingerprint density at radius 1 is 1.22 bits per heavy atom. The maximum atomic E-state index is 11.0. The first-order valence-corrected chi connectivity index (χ1v) is 9.06. The molecule has 1 aromatic carbocycles. The zero-order valence-electron chi connectivity index (χ0n) is 16.0. The van der Waals surface area contributed by atoms with Crippen molar-refractivity contribution in [3.8, 4) is 11.4 Å². The van der Waals surface area contributed by atoms with Crippen molar-refractivity contribution in [2.45, 2.75) is 19.9 Å². The highest BCUT2D eigenvalue weighted by molar-refractivity contribution is 5.61. The van der Waals surface area contributed by atoms with Crippen LogP contribution in [-0.4, -0.2) is 65.7 Å². The third kappa shape index (κ3) is 4.58. The number of nitro groups is 1. The van der Waals surface area contributed by atoms with Gasteiger partial charge in [-0.1, -0.05) is 12.1 Å². The Balaban J connectivity index is 1.79. The molecule has 8 heteroatoms. The fourth-order valence-electron chi connectivity index (χ4n) is 3.34. The lowest BCUT2D eigenvalue weighted by Crippen LogP contribution is -2.51. The van der Waals surface area contributed by atoms with Gasteiger partial charge in [0, 0.05) is 68.8 Å². The largest absolute Gasteiger partial charge is 0.383 e. The number of hydrogen-bond donors (Lipinski definition) is 0. The summed E-state index contributed by atoms with van der Waals surface area (Å²) in [6.07, 6.45) is 0. The van der Waals surface area contributed by atoms with Gasteiger partial charge in [0.25, 0.3) is 5.69 Å². The van der Waals surface area contributed by atoms with Gasteiger partial charge in [-0.05, 0) is 13.8 Å². The fraction of sp³-hybridized carbons (Fsp3) is 0.474. The van der Waals surface area contributed by atoms with Crippen LogP contribution in [0.5, 0.6) is 0 Å². The van der Waals surface area contributed by atoms with Crippen LogP contribution in [0.2, 0.25) is 0 Å². The van der Waals surface area contributed by atoms with Crippen molar-refractivity contribution in [3.63, 3.8) is 0 Å². The summed E-state index contributed by atoms with van der Waals surface area (Å²) in [6, 6.07) is 8.81. The molecule has 0 aliphatic carbocycles. The van der Waals surface area contributed by atoms with E-state index in [0.717, 1.165) is 44.3 Å². The molecule has 1 saturated heterocycles. The highest BCUT2D eigenvalue weighted by Gasteiger charge is 2.22. The molecule has 1 unspecified atom stereocenters. The predicted molar refractivity (Wildman–Crippen MR) is 104 cm³/mol. The maximum Gasteiger partial charge on any atom is 0.270 e. The molecule has 3 rings (SSSR count). The normalized spacial score (nSPS) is 16.3. The van der Waals surface area contributed by atoms with E-state index < -0.39 is 4.92 Å². The molecular formula is C19H25N5O3. The van der Waals surface area contributed by atoms with E-state index in [4.69, 9.17) is 4.74 Å². The third-order valence-electron chi connectivity index (χ3n) is 4.83. The number of benzene rings is 1. The summed E-state index contributed by atoms with van der Waals surface area (Å²) in [6.45, 7) is 8.46. The lowest BCUT2D eigenvalue weighted by molar-refractivity contribution is -0.384. The number of piperazine rings is 1. The Kier molecular flexibility index (Phi) is 5.98. The number of hydrogen-bond acceptors (Lipinski definition) is 7. The highest BCUT2D eigenvalue weighted by Crippen LogP contribution is 2.24. The molecule has 1 fully saturated rings. The summed E-state index contributed by atoms with van der Waals surface area (Å²) >= 11 is 0. The second-order valence-corrected chi connectivity index (χ2v) is 6.83. The van der Waals surface area contributed by atoms with Gasteiger partial charge in [0.05, 0.1) is 11.5 Å². The van der Waals surface area contributed by atoms with Gasteiger partial charge >= 0.3 is 0 Å². The summed E-state index contributed by atoms with van der Waals surface area (Å²) < 4.78 is 5.25. The Hall–Kier alpha value is -2.58. The first-order chi connectivity index (χ1) is 13.0. The molecule has 0 spiro atoms. The average Bonchev–Trinajstić information content (AvgIpc) is 2.68. The van der Waals surface area contributed by atoms with E-state index >= 15 is 0 Å². The minimum absolute atomic E-state index is 0.0416. The molecule has 1 aliphatic heterocycles. The zero-order valence-corrected chi connectivity index (χ0v) is 16.0. The molecule has 1 aromatic heterocycles. The molecule has 27 heavy (non-hydrogen) atoms. The molecule has 0 amide bonds. The van der Waals surface area contributed by atoms with E-state index in [9.17, 15) is 10.1 Å². The topological polar surface area (TPSA) is 84.6 Å². The second kappa shape index (κ2) is 8.41. The molecule has 0 saturated carbocycles. The maximum absolute atomic E-state index is 11.0. The van der Waals surface area contributed by atoms with Crippen LogP contribution in [0.4, 0.5) is 11.5 Å². The number of anilines is 1. The lowest BCUT2D eigenvalue weighted by Gasteiger charge is -2.38. The van der Waals surface area contributed by atoms with Crippen LogP contribution in [0.15, 0.2) is 30.3 Å². The number of nitro benzene ring substituents is 1. The standard InChI is InChI=1S/C19H25N5O3/c1-14-11-18(23-9-7-22(8-10-23)15(2)13-27-3)21-19(20-14)16-5-4-6-17(12-16)24(25)26/h4-6,11-12,15H,7-10,13H2,1-3H3. The van der Waals surface area contributed by atoms with Crippen LogP contribution in [0.25, 0.3) is 11.4 Å². The summed E-state index contributed by atoms with van der Waals surface area (Å²) in [5.74, 6) is 1.38. The molecule has 2 heterocycles. The van der Waals surface area contributed by atoms with E-state index in [1.165, 1.54) is 12.1 Å². The fourth-order valence-corrected chi connectivity index (χ4v) is 3.34. The zero-order chi connectivity index (χ0) is 19.4. The molecule has 8 nitrogen and oxygen atoms in total. The Morgan fingerprint density at radius 3 is 2.63 bits per heavy atom. The van der Waals surface area contributed by atoms with Gasteiger partial charge in [-0.3, -0.25) is 15.0 Å². The van der Waals surface area contributed by atoms with Crippen LogP contribution in [0, 0.1) is 17.0 Å². The van der Waals surface area contributed by atoms with E-state index in [1.54, 1.807) is 19.2 Å². The van der Waals surface area contributed by atoms with Crippen LogP contribution < -0.4 is 4.90 Å². The van der Waals surface area contributed by atoms with Gasteiger partial charge in [0.15, 0.2) is 5.82 Å². The number of nitrogens with zero attached hydrogens (tertiary/aromatic N) is 5. The van der Waals surface area contributed by atoms with Gasteiger partial charge in [0.1, 0.15) is 5.82 Å². The van der Waals surface area contributed by atoms with Gasteiger partial charge in [-0.15, -0.1) is 0 Å². The molecular weight excluding hydrogens is 346 g/mol.